The lowest BCUT2D eigenvalue weighted by atomic mass is 10.2. The number of carbonyl (C=O) groups excluding carboxylic acids is 1. The van der Waals surface area contributed by atoms with E-state index in [2.05, 4.69) is 16.9 Å². The molecule has 0 bridgehead atoms. The molecule has 2 aromatic rings. The van der Waals surface area contributed by atoms with Crippen LogP contribution in [0.2, 0.25) is 5.02 Å². The first-order valence-corrected chi connectivity index (χ1v) is 6.65. The van der Waals surface area contributed by atoms with E-state index in [4.69, 9.17) is 16.0 Å². The Bertz CT molecular complexity index is 607. The van der Waals surface area contributed by atoms with Gasteiger partial charge >= 0.3 is 0 Å². The van der Waals surface area contributed by atoms with Gasteiger partial charge in [-0.1, -0.05) is 29.8 Å². The summed E-state index contributed by atoms with van der Waals surface area (Å²) in [6.45, 7) is 4.01. The maximum absolute atomic E-state index is 11.5. The topological polar surface area (TPSA) is 55.1 Å². The number of nitrogens with one attached hydrogen (secondary N) is 1. The molecule has 2 rings (SSSR count). The van der Waals surface area contributed by atoms with Gasteiger partial charge in [0.15, 0.2) is 11.7 Å². The molecular weight excluding hydrogens is 276 g/mol. The van der Waals surface area contributed by atoms with E-state index in [1.807, 2.05) is 18.2 Å². The summed E-state index contributed by atoms with van der Waals surface area (Å²) in [5, 5.41) is 3.31. The quantitative estimate of drug-likeness (QED) is 0.831. The molecule has 1 aromatic heterocycles. The highest BCUT2D eigenvalue weighted by Gasteiger charge is 2.10. The minimum atomic E-state index is -0.0533. The molecule has 0 aliphatic carbocycles. The van der Waals surface area contributed by atoms with Crippen molar-refractivity contribution in [2.24, 2.45) is 0 Å². The van der Waals surface area contributed by atoms with Gasteiger partial charge in [-0.2, -0.15) is 0 Å². The summed E-state index contributed by atoms with van der Waals surface area (Å²) in [6, 6.07) is 7.39. The average Bonchev–Trinajstić information content (AvgIpc) is 2.92. The maximum Gasteiger partial charge on any atom is 0.220 e. The number of hydrogen-bond donors (Lipinski definition) is 1. The highest BCUT2D eigenvalue weighted by Crippen LogP contribution is 2.28. The van der Waals surface area contributed by atoms with Crippen LogP contribution >= 0.6 is 11.6 Å². The summed E-state index contributed by atoms with van der Waals surface area (Å²) in [6.07, 6.45) is 4.04. The van der Waals surface area contributed by atoms with Crippen LogP contribution in [0.1, 0.15) is 12.3 Å². The molecule has 1 heterocycles. The Morgan fingerprint density at radius 3 is 3.00 bits per heavy atom. The Morgan fingerprint density at radius 1 is 1.45 bits per heavy atom. The van der Waals surface area contributed by atoms with Gasteiger partial charge < -0.3 is 9.73 Å². The third-order valence-corrected chi connectivity index (χ3v) is 3.03. The third-order valence-electron chi connectivity index (χ3n) is 2.70. The fraction of sp³-hybridized carbons (Fsp3) is 0.200. The highest BCUT2D eigenvalue weighted by atomic mass is 35.5. The van der Waals surface area contributed by atoms with Gasteiger partial charge in [0.1, 0.15) is 0 Å². The van der Waals surface area contributed by atoms with Gasteiger partial charge in [0.05, 0.1) is 11.2 Å². The van der Waals surface area contributed by atoms with Gasteiger partial charge in [-0.3, -0.25) is 4.79 Å². The van der Waals surface area contributed by atoms with Crippen LogP contribution in [-0.4, -0.2) is 17.4 Å². The van der Waals surface area contributed by atoms with E-state index >= 15 is 0 Å². The molecular formula is C15H15ClN2O2. The van der Waals surface area contributed by atoms with Crippen molar-refractivity contribution < 1.29 is 9.21 Å². The lowest BCUT2D eigenvalue weighted by Gasteiger charge is -2.00. The van der Waals surface area contributed by atoms with Crippen molar-refractivity contribution in [1.82, 2.24) is 10.3 Å². The second-order valence-electron chi connectivity index (χ2n) is 4.19. The largest absolute Gasteiger partial charge is 0.441 e. The highest BCUT2D eigenvalue weighted by molar-refractivity contribution is 6.33. The minimum Gasteiger partial charge on any atom is -0.441 e. The number of amides is 1. The number of hydrogen-bond acceptors (Lipinski definition) is 3. The molecule has 0 aliphatic heterocycles. The molecule has 4 nitrogen and oxygen atoms in total. The fourth-order valence-corrected chi connectivity index (χ4v) is 1.94. The zero-order chi connectivity index (χ0) is 14.4. The van der Waals surface area contributed by atoms with Crippen LogP contribution in [0.25, 0.3) is 11.3 Å². The summed E-state index contributed by atoms with van der Waals surface area (Å²) >= 11 is 6.09. The number of rotatable bonds is 6. The standard InChI is InChI=1S/C15H15ClN2O2/c1-2-9-17-14(19)7-8-15-18-10-13(20-15)11-5-3-4-6-12(11)16/h2-6,10H,1,7-9H2,(H,17,19). The minimum absolute atomic E-state index is 0.0533. The number of carbonyl (C=O) groups is 1. The van der Waals surface area contributed by atoms with Crippen molar-refractivity contribution in [3.05, 3.63) is 54.0 Å². The van der Waals surface area contributed by atoms with E-state index in [1.165, 1.54) is 0 Å². The number of aryl methyl sites for hydroxylation is 1. The van der Waals surface area contributed by atoms with Gasteiger partial charge in [0, 0.05) is 24.9 Å². The second kappa shape index (κ2) is 6.91. The lowest BCUT2D eigenvalue weighted by Crippen LogP contribution is -2.23. The summed E-state index contributed by atoms with van der Waals surface area (Å²) in [5.74, 6) is 1.08. The van der Waals surface area contributed by atoms with Crippen LogP contribution in [0.3, 0.4) is 0 Å². The van der Waals surface area contributed by atoms with Gasteiger partial charge in [0.25, 0.3) is 0 Å². The number of halogens is 1. The Balaban J connectivity index is 1.98. The Labute approximate surface area is 122 Å². The van der Waals surface area contributed by atoms with Gasteiger partial charge in [-0.05, 0) is 12.1 Å². The Morgan fingerprint density at radius 2 is 2.25 bits per heavy atom. The summed E-state index contributed by atoms with van der Waals surface area (Å²) in [4.78, 5) is 15.6. The van der Waals surface area contributed by atoms with E-state index in [1.54, 1.807) is 18.3 Å². The molecule has 0 saturated carbocycles. The van der Waals surface area contributed by atoms with E-state index in [0.29, 0.717) is 36.1 Å². The molecule has 5 heteroatoms. The van der Waals surface area contributed by atoms with Crippen LogP contribution in [0, 0.1) is 0 Å². The van der Waals surface area contributed by atoms with Crippen molar-refractivity contribution in [3.63, 3.8) is 0 Å². The normalized spacial score (nSPS) is 10.2. The van der Waals surface area contributed by atoms with Crippen molar-refractivity contribution in [2.45, 2.75) is 12.8 Å². The predicted molar refractivity (Wildman–Crippen MR) is 78.5 cm³/mol. The van der Waals surface area contributed by atoms with E-state index < -0.39 is 0 Å². The second-order valence-corrected chi connectivity index (χ2v) is 4.60. The van der Waals surface area contributed by atoms with Crippen molar-refractivity contribution in [1.29, 1.82) is 0 Å². The number of benzene rings is 1. The molecule has 0 radical (unpaired) electrons. The van der Waals surface area contributed by atoms with Gasteiger partial charge in [0.2, 0.25) is 5.91 Å². The van der Waals surface area contributed by atoms with Crippen molar-refractivity contribution >= 4 is 17.5 Å². The molecule has 0 saturated heterocycles. The molecule has 1 N–H and O–H groups in total. The SMILES string of the molecule is C=CCNC(=O)CCc1ncc(-c2ccccc2Cl)o1. The zero-order valence-electron chi connectivity index (χ0n) is 10.9. The monoisotopic (exact) mass is 290 g/mol. The average molecular weight is 291 g/mol. The van der Waals surface area contributed by atoms with Crippen LogP contribution in [0.5, 0.6) is 0 Å². The third kappa shape index (κ3) is 3.71. The summed E-state index contributed by atoms with van der Waals surface area (Å²) in [5.41, 5.74) is 0.795. The molecule has 20 heavy (non-hydrogen) atoms. The molecule has 1 aromatic carbocycles. The first kappa shape index (κ1) is 14.3. The van der Waals surface area contributed by atoms with Crippen molar-refractivity contribution in [3.8, 4) is 11.3 Å². The molecule has 104 valence electrons. The zero-order valence-corrected chi connectivity index (χ0v) is 11.7. The smallest absolute Gasteiger partial charge is 0.220 e. The lowest BCUT2D eigenvalue weighted by molar-refractivity contribution is -0.120. The maximum atomic E-state index is 11.5. The Hall–Kier alpha value is -2.07. The van der Waals surface area contributed by atoms with E-state index in [0.717, 1.165) is 5.56 Å². The first-order valence-electron chi connectivity index (χ1n) is 6.28. The number of oxazole rings is 1. The van der Waals surface area contributed by atoms with E-state index in [9.17, 15) is 4.79 Å². The van der Waals surface area contributed by atoms with Crippen LogP contribution in [-0.2, 0) is 11.2 Å². The van der Waals surface area contributed by atoms with Crippen LogP contribution < -0.4 is 5.32 Å². The summed E-state index contributed by atoms with van der Waals surface area (Å²) < 4.78 is 5.61. The Kier molecular flexibility index (Phi) is 4.96. The molecule has 0 atom stereocenters. The molecule has 0 fully saturated rings. The van der Waals surface area contributed by atoms with E-state index in [-0.39, 0.29) is 5.91 Å². The first-order chi connectivity index (χ1) is 9.70. The molecule has 1 amide bonds. The fourth-order valence-electron chi connectivity index (χ4n) is 1.71. The van der Waals surface area contributed by atoms with Gasteiger partial charge in [-0.15, -0.1) is 6.58 Å². The van der Waals surface area contributed by atoms with Crippen LogP contribution in [0.4, 0.5) is 0 Å². The summed E-state index contributed by atoms with van der Waals surface area (Å²) in [7, 11) is 0. The predicted octanol–water partition coefficient (Wildman–Crippen LogP) is 3.23. The van der Waals surface area contributed by atoms with Crippen molar-refractivity contribution in [2.75, 3.05) is 6.54 Å². The molecule has 0 spiro atoms. The molecule has 0 aliphatic rings. The molecule has 0 unspecified atom stereocenters. The number of nitrogens with zero attached hydrogens (tertiary/aromatic N) is 1. The number of aromatic nitrogens is 1. The van der Waals surface area contributed by atoms with Crippen LogP contribution in [0.15, 0.2) is 47.5 Å². The van der Waals surface area contributed by atoms with Gasteiger partial charge in [-0.25, -0.2) is 4.98 Å².